The van der Waals surface area contributed by atoms with E-state index in [2.05, 4.69) is 9.97 Å². The number of hydrogen-bond acceptors (Lipinski definition) is 4. The molecule has 0 aliphatic carbocycles. The van der Waals surface area contributed by atoms with Gasteiger partial charge in [-0.05, 0) is 23.9 Å². The van der Waals surface area contributed by atoms with Gasteiger partial charge in [0, 0.05) is 5.39 Å². The molecule has 0 unspecified atom stereocenters. The van der Waals surface area contributed by atoms with E-state index >= 15 is 0 Å². The van der Waals surface area contributed by atoms with E-state index in [1.807, 2.05) is 18.2 Å². The van der Waals surface area contributed by atoms with Crippen molar-refractivity contribution in [1.29, 1.82) is 0 Å². The van der Waals surface area contributed by atoms with Gasteiger partial charge in [0.15, 0.2) is 0 Å². The van der Waals surface area contributed by atoms with Crippen LogP contribution in [0.15, 0.2) is 33.5 Å². The third-order valence-corrected chi connectivity index (χ3v) is 3.41. The monoisotopic (exact) mass is 275 g/mol. The maximum atomic E-state index is 11.9. The SMILES string of the molecule is NC(=[NH2+])SCc1nc2c(oc3ccccc32)c(=O)[nH]1. The minimum atomic E-state index is -0.299. The molecule has 0 spiro atoms. The third-order valence-electron chi connectivity index (χ3n) is 2.66. The number of amidine groups is 1. The molecule has 7 heteroatoms. The molecule has 3 aromatic rings. The fourth-order valence-electron chi connectivity index (χ4n) is 1.87. The number of H-pyrrole nitrogens is 1. The number of aromatic amines is 1. The Morgan fingerprint density at radius 2 is 2.26 bits per heavy atom. The summed E-state index contributed by atoms with van der Waals surface area (Å²) in [4.78, 5) is 19.0. The number of nitrogens with zero attached hydrogens (tertiary/aromatic N) is 1. The Balaban J connectivity index is 2.20. The number of rotatable bonds is 2. The minimum absolute atomic E-state index is 0.236. The van der Waals surface area contributed by atoms with Crippen molar-refractivity contribution in [2.45, 2.75) is 5.75 Å². The van der Waals surface area contributed by atoms with Gasteiger partial charge in [-0.2, -0.15) is 0 Å². The number of nitrogens with two attached hydrogens (primary N) is 2. The first-order valence-corrected chi connectivity index (χ1v) is 6.55. The molecule has 19 heavy (non-hydrogen) atoms. The van der Waals surface area contributed by atoms with Gasteiger partial charge in [-0.15, -0.1) is 0 Å². The molecule has 0 atom stereocenters. The number of fused-ring (bicyclic) bond motifs is 3. The number of benzene rings is 1. The zero-order valence-corrected chi connectivity index (χ0v) is 10.7. The van der Waals surface area contributed by atoms with E-state index in [9.17, 15) is 4.79 Å². The molecule has 0 saturated heterocycles. The summed E-state index contributed by atoms with van der Waals surface area (Å²) in [5, 5.41) is 6.44. The molecule has 96 valence electrons. The number of hydrogen-bond donors (Lipinski definition) is 3. The molecule has 0 aliphatic rings. The molecule has 0 amide bonds. The van der Waals surface area contributed by atoms with Crippen molar-refractivity contribution >= 4 is 39.0 Å². The summed E-state index contributed by atoms with van der Waals surface area (Å²) in [6.07, 6.45) is 0. The minimum Gasteiger partial charge on any atom is -0.449 e. The van der Waals surface area contributed by atoms with Crippen LogP contribution in [0, 0.1) is 0 Å². The lowest BCUT2D eigenvalue weighted by molar-refractivity contribution is -0.110. The van der Waals surface area contributed by atoms with Gasteiger partial charge < -0.3 is 9.40 Å². The first-order valence-electron chi connectivity index (χ1n) is 5.56. The zero-order chi connectivity index (χ0) is 13.4. The van der Waals surface area contributed by atoms with E-state index in [-0.39, 0.29) is 16.3 Å². The summed E-state index contributed by atoms with van der Waals surface area (Å²) in [6, 6.07) is 7.39. The third kappa shape index (κ3) is 2.08. The smallest absolute Gasteiger partial charge is 0.300 e. The fourth-order valence-corrected chi connectivity index (χ4v) is 2.31. The Hall–Kier alpha value is -2.28. The first-order chi connectivity index (χ1) is 9.15. The van der Waals surface area contributed by atoms with Crippen molar-refractivity contribution in [2.24, 2.45) is 5.73 Å². The molecular formula is C12H11N4O2S+. The average molecular weight is 275 g/mol. The number of para-hydroxylation sites is 1. The van der Waals surface area contributed by atoms with E-state index in [4.69, 9.17) is 15.6 Å². The maximum absolute atomic E-state index is 11.9. The van der Waals surface area contributed by atoms with Gasteiger partial charge >= 0.3 is 0 Å². The summed E-state index contributed by atoms with van der Waals surface area (Å²) < 4.78 is 5.50. The highest BCUT2D eigenvalue weighted by atomic mass is 32.2. The van der Waals surface area contributed by atoms with Crippen molar-refractivity contribution in [2.75, 3.05) is 0 Å². The molecule has 6 nitrogen and oxygen atoms in total. The van der Waals surface area contributed by atoms with Crippen LogP contribution >= 0.6 is 11.8 Å². The second-order valence-electron chi connectivity index (χ2n) is 3.98. The largest absolute Gasteiger partial charge is 0.449 e. The van der Waals surface area contributed by atoms with Crippen LogP contribution in [-0.4, -0.2) is 15.1 Å². The van der Waals surface area contributed by atoms with Gasteiger partial charge in [0.05, 0.1) is 5.75 Å². The van der Waals surface area contributed by atoms with Crippen LogP contribution < -0.4 is 16.7 Å². The average Bonchev–Trinajstić information content (AvgIpc) is 2.76. The summed E-state index contributed by atoms with van der Waals surface area (Å²) in [5.41, 5.74) is 6.52. The molecule has 0 aliphatic heterocycles. The normalized spacial score (nSPS) is 11.2. The van der Waals surface area contributed by atoms with Crippen molar-refractivity contribution in [3.63, 3.8) is 0 Å². The Kier molecular flexibility index (Phi) is 2.75. The van der Waals surface area contributed by atoms with E-state index < -0.39 is 0 Å². The van der Waals surface area contributed by atoms with E-state index in [0.29, 0.717) is 22.7 Å². The van der Waals surface area contributed by atoms with Gasteiger partial charge in [0.2, 0.25) is 5.58 Å². The topological polar surface area (TPSA) is 110 Å². The second kappa shape index (κ2) is 4.43. The maximum Gasteiger partial charge on any atom is 0.300 e. The molecule has 0 bridgehead atoms. The summed E-state index contributed by atoms with van der Waals surface area (Å²) in [6.45, 7) is 0. The van der Waals surface area contributed by atoms with E-state index in [1.165, 1.54) is 11.8 Å². The van der Waals surface area contributed by atoms with Crippen LogP contribution in [0.2, 0.25) is 0 Å². The lowest BCUT2D eigenvalue weighted by atomic mass is 10.2. The van der Waals surface area contributed by atoms with Crippen molar-refractivity contribution < 1.29 is 9.83 Å². The quantitative estimate of drug-likeness (QED) is 0.449. The Morgan fingerprint density at radius 1 is 1.47 bits per heavy atom. The molecule has 3 rings (SSSR count). The van der Waals surface area contributed by atoms with Crippen LogP contribution in [-0.2, 0) is 5.75 Å². The van der Waals surface area contributed by atoms with Crippen LogP contribution in [0.3, 0.4) is 0 Å². The standard InChI is InChI=1S/C12H10N4O2S/c13-12(14)19-5-8-15-9-6-3-1-2-4-7(6)18-10(9)11(17)16-8/h1-4H,5H2,(H3,13,14)(H,15,16,17)/p+1. The Bertz CT molecular complexity index is 836. The Labute approximate surface area is 111 Å². The predicted octanol–water partition coefficient (Wildman–Crippen LogP) is -0.0237. The number of furan rings is 1. The molecule has 5 N–H and O–H groups in total. The highest BCUT2D eigenvalue weighted by Gasteiger charge is 2.13. The zero-order valence-electron chi connectivity index (χ0n) is 9.84. The molecule has 2 aromatic heterocycles. The highest BCUT2D eigenvalue weighted by molar-refractivity contribution is 8.12. The summed E-state index contributed by atoms with van der Waals surface area (Å²) in [7, 11) is 0. The van der Waals surface area contributed by atoms with Crippen LogP contribution in [0.5, 0.6) is 0 Å². The van der Waals surface area contributed by atoms with E-state index in [1.54, 1.807) is 6.07 Å². The van der Waals surface area contributed by atoms with Crippen molar-refractivity contribution in [3.8, 4) is 0 Å². The van der Waals surface area contributed by atoms with Gasteiger partial charge in [0.1, 0.15) is 16.9 Å². The Morgan fingerprint density at radius 3 is 3.05 bits per heavy atom. The molecule has 0 saturated carbocycles. The number of nitrogens with one attached hydrogen (secondary N) is 1. The van der Waals surface area contributed by atoms with Gasteiger partial charge in [-0.1, -0.05) is 12.1 Å². The first kappa shape index (κ1) is 11.8. The van der Waals surface area contributed by atoms with Gasteiger partial charge in [-0.3, -0.25) is 15.9 Å². The van der Waals surface area contributed by atoms with Gasteiger partial charge in [0.25, 0.3) is 10.7 Å². The fraction of sp³-hybridized carbons (Fsp3) is 0.0833. The molecule has 1 aromatic carbocycles. The predicted molar refractivity (Wildman–Crippen MR) is 74.6 cm³/mol. The highest BCUT2D eigenvalue weighted by Crippen LogP contribution is 2.24. The van der Waals surface area contributed by atoms with Gasteiger partial charge in [-0.25, -0.2) is 4.98 Å². The molecule has 0 fully saturated rings. The van der Waals surface area contributed by atoms with Crippen LogP contribution in [0.4, 0.5) is 0 Å². The van der Waals surface area contributed by atoms with Crippen LogP contribution in [0.25, 0.3) is 22.1 Å². The van der Waals surface area contributed by atoms with Crippen molar-refractivity contribution in [1.82, 2.24) is 9.97 Å². The van der Waals surface area contributed by atoms with Crippen molar-refractivity contribution in [3.05, 3.63) is 40.4 Å². The second-order valence-corrected chi connectivity index (χ2v) is 5.03. The molecule has 0 radical (unpaired) electrons. The number of thioether (sulfide) groups is 1. The summed E-state index contributed by atoms with van der Waals surface area (Å²) in [5.74, 6) is 0.926. The lowest BCUT2D eigenvalue weighted by Gasteiger charge is -1.97. The van der Waals surface area contributed by atoms with Crippen LogP contribution in [0.1, 0.15) is 5.82 Å². The van der Waals surface area contributed by atoms with E-state index in [0.717, 1.165) is 5.39 Å². The molecular weight excluding hydrogens is 264 g/mol. The number of aromatic nitrogens is 2. The summed E-state index contributed by atoms with van der Waals surface area (Å²) >= 11 is 1.22. The molecule has 2 heterocycles. The lowest BCUT2D eigenvalue weighted by Crippen LogP contribution is -2.43.